The Morgan fingerprint density at radius 2 is 2.15 bits per heavy atom. The van der Waals surface area contributed by atoms with Crippen molar-refractivity contribution in [2.45, 2.75) is 13.0 Å². The lowest BCUT2D eigenvalue weighted by molar-refractivity contribution is 0.0736. The molecule has 0 saturated heterocycles. The van der Waals surface area contributed by atoms with Crippen molar-refractivity contribution in [3.05, 3.63) is 66.2 Å². The molecule has 9 heteroatoms. The van der Waals surface area contributed by atoms with Gasteiger partial charge in [0.05, 0.1) is 28.4 Å². The lowest BCUT2D eigenvalue weighted by Gasteiger charge is -2.26. The van der Waals surface area contributed by atoms with Crippen LogP contribution >= 0.6 is 50.2 Å². The topological polar surface area (TPSA) is 62.3 Å². The molecule has 0 unspecified atom stereocenters. The highest BCUT2D eigenvalue weighted by Gasteiger charge is 2.26. The van der Waals surface area contributed by atoms with Gasteiger partial charge in [0.2, 0.25) is 0 Å². The van der Waals surface area contributed by atoms with Crippen molar-refractivity contribution in [1.82, 2.24) is 9.88 Å². The number of thiazole rings is 1. The summed E-state index contributed by atoms with van der Waals surface area (Å²) in [4.78, 5) is 32.3. The molecule has 2 aromatic heterocycles. The van der Waals surface area contributed by atoms with Crippen LogP contribution in [0.5, 0.6) is 0 Å². The Balaban J connectivity index is 1.50. The van der Waals surface area contributed by atoms with E-state index in [-0.39, 0.29) is 11.8 Å². The highest BCUT2D eigenvalue weighted by Crippen LogP contribution is 2.30. The number of hydrogen-bond donors (Lipinski definition) is 1. The van der Waals surface area contributed by atoms with Crippen LogP contribution < -0.4 is 5.32 Å². The Labute approximate surface area is 177 Å². The average molecular weight is 483 g/mol. The largest absolute Gasteiger partial charge is 0.333 e. The van der Waals surface area contributed by atoms with E-state index in [1.807, 2.05) is 5.38 Å². The van der Waals surface area contributed by atoms with Crippen molar-refractivity contribution in [3.63, 3.8) is 0 Å². The molecule has 3 heterocycles. The van der Waals surface area contributed by atoms with Crippen LogP contribution in [0.25, 0.3) is 0 Å². The molecule has 1 aliphatic rings. The minimum absolute atomic E-state index is 0.107. The molecule has 5 nitrogen and oxygen atoms in total. The highest BCUT2D eigenvalue weighted by molar-refractivity contribution is 9.10. The van der Waals surface area contributed by atoms with Gasteiger partial charge in [0.15, 0.2) is 5.13 Å². The quantitative estimate of drug-likeness (QED) is 0.567. The van der Waals surface area contributed by atoms with E-state index in [2.05, 4.69) is 26.2 Å². The number of carbonyl (C=O) groups excluding carboxylic acids is 2. The second kappa shape index (κ2) is 7.71. The number of nitrogens with zero attached hydrogens (tertiary/aromatic N) is 2. The Hall–Kier alpha value is -1.74. The number of halogens is 2. The lowest BCUT2D eigenvalue weighted by Crippen LogP contribution is -2.35. The predicted molar refractivity (Wildman–Crippen MR) is 112 cm³/mol. The zero-order chi connectivity index (χ0) is 19.0. The molecule has 0 radical (unpaired) electrons. The van der Waals surface area contributed by atoms with E-state index in [4.69, 9.17) is 11.6 Å². The molecule has 1 aromatic carbocycles. The number of rotatable bonds is 3. The van der Waals surface area contributed by atoms with Crippen LogP contribution in [0.1, 0.15) is 31.3 Å². The van der Waals surface area contributed by atoms with Crippen LogP contribution in [0.4, 0.5) is 5.13 Å². The van der Waals surface area contributed by atoms with Gasteiger partial charge in [-0.3, -0.25) is 14.9 Å². The normalized spacial score (nSPS) is 13.3. The molecule has 0 fully saturated rings. The van der Waals surface area contributed by atoms with Gasteiger partial charge in [-0.2, -0.15) is 11.3 Å². The van der Waals surface area contributed by atoms with Crippen LogP contribution in [0.2, 0.25) is 5.02 Å². The van der Waals surface area contributed by atoms with E-state index in [1.165, 1.54) is 22.7 Å². The molecular formula is C18H13BrClN3O2S2. The molecule has 1 N–H and O–H groups in total. The third-order valence-electron chi connectivity index (χ3n) is 4.18. The number of fused-ring (bicyclic) bond motifs is 1. The molecule has 27 heavy (non-hydrogen) atoms. The summed E-state index contributed by atoms with van der Waals surface area (Å²) in [5.41, 5.74) is 2.03. The minimum Gasteiger partial charge on any atom is -0.333 e. The molecule has 3 aromatic rings. The lowest BCUT2D eigenvalue weighted by atomic mass is 10.1. The molecule has 138 valence electrons. The number of benzene rings is 1. The van der Waals surface area contributed by atoms with Gasteiger partial charge in [-0.1, -0.05) is 38.9 Å². The number of amides is 2. The van der Waals surface area contributed by atoms with Crippen molar-refractivity contribution in [1.29, 1.82) is 0 Å². The number of carbonyl (C=O) groups is 2. The number of aromatic nitrogens is 1. The van der Waals surface area contributed by atoms with Gasteiger partial charge in [-0.25, -0.2) is 4.98 Å². The van der Waals surface area contributed by atoms with Gasteiger partial charge in [0.25, 0.3) is 11.8 Å². The van der Waals surface area contributed by atoms with Gasteiger partial charge in [-0.05, 0) is 29.6 Å². The van der Waals surface area contributed by atoms with Crippen molar-refractivity contribution in [2.24, 2.45) is 0 Å². The Morgan fingerprint density at radius 3 is 2.93 bits per heavy atom. The van der Waals surface area contributed by atoms with E-state index in [0.717, 1.165) is 15.0 Å². The van der Waals surface area contributed by atoms with Crippen molar-refractivity contribution >= 4 is 67.2 Å². The number of anilines is 1. The minimum atomic E-state index is -0.170. The molecule has 0 atom stereocenters. The van der Waals surface area contributed by atoms with Crippen molar-refractivity contribution < 1.29 is 9.59 Å². The van der Waals surface area contributed by atoms with E-state index >= 15 is 0 Å². The summed E-state index contributed by atoms with van der Waals surface area (Å²) in [5.74, 6) is -0.277. The van der Waals surface area contributed by atoms with Crippen LogP contribution in [0, 0.1) is 0 Å². The molecular weight excluding hydrogens is 470 g/mol. The zero-order valence-corrected chi connectivity index (χ0v) is 17.8. The fourth-order valence-corrected chi connectivity index (χ4v) is 5.03. The Kier molecular flexibility index (Phi) is 5.32. The van der Waals surface area contributed by atoms with Crippen molar-refractivity contribution in [3.8, 4) is 0 Å². The second-order valence-corrected chi connectivity index (χ2v) is 9.14. The fourth-order valence-electron chi connectivity index (χ4n) is 2.82. The first-order chi connectivity index (χ1) is 13.0. The highest BCUT2D eigenvalue weighted by atomic mass is 79.9. The molecule has 0 saturated carbocycles. The van der Waals surface area contributed by atoms with E-state index in [9.17, 15) is 9.59 Å². The van der Waals surface area contributed by atoms with Gasteiger partial charge in [0, 0.05) is 27.7 Å². The summed E-state index contributed by atoms with van der Waals surface area (Å²) in [5, 5.41) is 7.49. The van der Waals surface area contributed by atoms with Crippen LogP contribution in [0.15, 0.2) is 39.5 Å². The first-order valence-corrected chi connectivity index (χ1v) is 11.0. The maximum absolute atomic E-state index is 12.9. The summed E-state index contributed by atoms with van der Waals surface area (Å²) in [6, 6.07) is 7.02. The summed E-state index contributed by atoms with van der Waals surface area (Å²) in [6.45, 7) is 1.03. The van der Waals surface area contributed by atoms with Crippen LogP contribution in [-0.2, 0) is 13.0 Å². The van der Waals surface area contributed by atoms with Gasteiger partial charge >= 0.3 is 0 Å². The molecule has 1 aliphatic heterocycles. The fraction of sp³-hybridized carbons (Fsp3) is 0.167. The van der Waals surface area contributed by atoms with Crippen LogP contribution in [-0.4, -0.2) is 28.2 Å². The maximum atomic E-state index is 12.9. The third-order valence-corrected chi connectivity index (χ3v) is 6.68. The Morgan fingerprint density at radius 1 is 1.30 bits per heavy atom. The standard InChI is InChI=1S/C18H13BrClN3O2S2/c19-11-1-2-13(20)12(7-11)17(25)23-5-3-14-15(8-23)27-18(21-14)22-16(24)10-4-6-26-9-10/h1-2,4,6-7,9H,3,5,8H2,(H,21,22,24). The average Bonchev–Trinajstić information content (AvgIpc) is 3.31. The third kappa shape index (κ3) is 3.94. The molecule has 2 amide bonds. The first kappa shape index (κ1) is 18.6. The molecule has 4 rings (SSSR count). The molecule has 0 spiro atoms. The monoisotopic (exact) mass is 481 g/mol. The first-order valence-electron chi connectivity index (χ1n) is 8.07. The Bertz CT molecular complexity index is 1020. The zero-order valence-electron chi connectivity index (χ0n) is 13.9. The van der Waals surface area contributed by atoms with Gasteiger partial charge in [-0.15, -0.1) is 0 Å². The molecule has 0 aliphatic carbocycles. The van der Waals surface area contributed by atoms with E-state index < -0.39 is 0 Å². The van der Waals surface area contributed by atoms with Crippen LogP contribution in [0.3, 0.4) is 0 Å². The summed E-state index contributed by atoms with van der Waals surface area (Å²) in [7, 11) is 0. The number of thiophene rings is 1. The predicted octanol–water partition coefficient (Wildman–Crippen LogP) is 5.07. The van der Waals surface area contributed by atoms with Crippen molar-refractivity contribution in [2.75, 3.05) is 11.9 Å². The number of nitrogens with one attached hydrogen (secondary N) is 1. The smallest absolute Gasteiger partial charge is 0.258 e. The molecule has 0 bridgehead atoms. The van der Waals surface area contributed by atoms with E-state index in [1.54, 1.807) is 34.5 Å². The summed E-state index contributed by atoms with van der Waals surface area (Å²) < 4.78 is 0.809. The SMILES string of the molecule is O=C(Nc1nc2c(s1)CN(C(=O)c1cc(Br)ccc1Cl)CC2)c1ccsc1. The van der Waals surface area contributed by atoms with E-state index in [0.29, 0.717) is 40.8 Å². The summed E-state index contributed by atoms with van der Waals surface area (Å²) >= 11 is 12.5. The van der Waals surface area contributed by atoms with Gasteiger partial charge < -0.3 is 4.90 Å². The second-order valence-electron chi connectivity index (χ2n) is 5.96. The van der Waals surface area contributed by atoms with Gasteiger partial charge in [0.1, 0.15) is 0 Å². The maximum Gasteiger partial charge on any atom is 0.258 e. The number of hydrogen-bond acceptors (Lipinski definition) is 5. The summed E-state index contributed by atoms with van der Waals surface area (Å²) in [6.07, 6.45) is 0.650.